The third-order valence-corrected chi connectivity index (χ3v) is 2.19. The first-order valence-electron chi connectivity index (χ1n) is 4.60. The molecule has 0 saturated carbocycles. The molecule has 1 N–H and O–H groups in total. The molecule has 0 aliphatic heterocycles. The summed E-state index contributed by atoms with van der Waals surface area (Å²) < 4.78 is 14.9. The molecule has 2 rings (SSSR count). The predicted molar refractivity (Wildman–Crippen MR) is 55.2 cm³/mol. The molecule has 6 heteroatoms. The number of carbonyl (C=O) groups is 1. The molecular weight excluding hydrogens is 225 g/mol. The maximum atomic E-state index is 13.7. The summed E-state index contributed by atoms with van der Waals surface area (Å²) in [6.45, 7) is 0. The number of halogens is 1. The lowest BCUT2D eigenvalue weighted by molar-refractivity contribution is 0.0696. The van der Waals surface area contributed by atoms with Crippen LogP contribution in [0.3, 0.4) is 0 Å². The molecule has 0 unspecified atom stereocenters. The van der Waals surface area contributed by atoms with Crippen LogP contribution in [0.15, 0.2) is 30.6 Å². The lowest BCUT2D eigenvalue weighted by Crippen LogP contribution is -2.03. The number of nitriles is 1. The lowest BCUT2D eigenvalue weighted by Gasteiger charge is -2.05. The molecule has 0 fully saturated rings. The lowest BCUT2D eigenvalue weighted by atomic mass is 10.2. The molecule has 0 bridgehead atoms. The van der Waals surface area contributed by atoms with Gasteiger partial charge in [-0.3, -0.25) is 4.57 Å². The number of hydrogen-bond acceptors (Lipinski definition) is 3. The largest absolute Gasteiger partial charge is 0.478 e. The monoisotopic (exact) mass is 231 g/mol. The van der Waals surface area contributed by atoms with Gasteiger partial charge in [0.1, 0.15) is 11.9 Å². The Hall–Kier alpha value is -2.68. The van der Waals surface area contributed by atoms with E-state index in [-0.39, 0.29) is 17.1 Å². The van der Waals surface area contributed by atoms with E-state index in [2.05, 4.69) is 4.98 Å². The molecule has 17 heavy (non-hydrogen) atoms. The van der Waals surface area contributed by atoms with Gasteiger partial charge in [-0.1, -0.05) is 0 Å². The predicted octanol–water partition coefficient (Wildman–Crippen LogP) is 1.58. The molecule has 1 aromatic heterocycles. The average molecular weight is 231 g/mol. The topological polar surface area (TPSA) is 78.9 Å². The van der Waals surface area contributed by atoms with Gasteiger partial charge in [0.15, 0.2) is 0 Å². The van der Waals surface area contributed by atoms with Gasteiger partial charge in [-0.25, -0.2) is 14.2 Å². The summed E-state index contributed by atoms with van der Waals surface area (Å²) in [7, 11) is 0. The molecule has 0 amide bonds. The highest BCUT2D eigenvalue weighted by molar-refractivity contribution is 5.87. The molecule has 2 aromatic rings. The highest BCUT2D eigenvalue weighted by Gasteiger charge is 2.12. The van der Waals surface area contributed by atoms with Gasteiger partial charge in [0, 0.05) is 12.4 Å². The minimum atomic E-state index is -1.21. The highest BCUT2D eigenvalue weighted by Crippen LogP contribution is 2.16. The van der Waals surface area contributed by atoms with Crippen LogP contribution in [0.2, 0.25) is 0 Å². The Kier molecular flexibility index (Phi) is 2.58. The van der Waals surface area contributed by atoms with E-state index in [4.69, 9.17) is 10.4 Å². The quantitative estimate of drug-likeness (QED) is 0.850. The van der Waals surface area contributed by atoms with E-state index in [9.17, 15) is 9.18 Å². The summed E-state index contributed by atoms with van der Waals surface area (Å²) in [6, 6.07) is 5.27. The zero-order valence-electron chi connectivity index (χ0n) is 8.46. The second-order valence-corrected chi connectivity index (χ2v) is 3.20. The summed E-state index contributed by atoms with van der Waals surface area (Å²) in [5.41, 5.74) is -0.0612. The Bertz CT molecular complexity index is 628. The van der Waals surface area contributed by atoms with E-state index in [1.54, 1.807) is 0 Å². The Labute approximate surface area is 95.4 Å². The number of hydrogen-bond donors (Lipinski definition) is 1. The molecule has 0 aliphatic carbocycles. The summed E-state index contributed by atoms with van der Waals surface area (Å²) in [5.74, 6) is -1.90. The second-order valence-electron chi connectivity index (χ2n) is 3.20. The SMILES string of the molecule is N#Cc1nccn1-c1ccc(C(=O)O)cc1F. The normalized spacial score (nSPS) is 9.88. The second kappa shape index (κ2) is 4.06. The number of aromatic nitrogens is 2. The Morgan fingerprint density at radius 1 is 1.53 bits per heavy atom. The first-order valence-corrected chi connectivity index (χ1v) is 4.60. The van der Waals surface area contributed by atoms with E-state index in [0.29, 0.717) is 0 Å². The molecule has 84 valence electrons. The summed E-state index contributed by atoms with van der Waals surface area (Å²) >= 11 is 0. The van der Waals surface area contributed by atoms with Crippen molar-refractivity contribution < 1.29 is 14.3 Å². The molecule has 0 saturated heterocycles. The molecule has 0 radical (unpaired) electrons. The van der Waals surface area contributed by atoms with E-state index in [0.717, 1.165) is 6.07 Å². The number of imidazole rings is 1. The number of benzene rings is 1. The minimum absolute atomic E-state index is 0.0342. The third-order valence-electron chi connectivity index (χ3n) is 2.19. The maximum absolute atomic E-state index is 13.7. The van der Waals surface area contributed by atoms with E-state index < -0.39 is 11.8 Å². The molecule has 5 nitrogen and oxygen atoms in total. The van der Waals surface area contributed by atoms with Gasteiger partial charge < -0.3 is 5.11 Å². The van der Waals surface area contributed by atoms with Gasteiger partial charge in [0.2, 0.25) is 5.82 Å². The number of carboxylic acids is 1. The van der Waals surface area contributed by atoms with Gasteiger partial charge in [0.25, 0.3) is 0 Å². The zero-order valence-corrected chi connectivity index (χ0v) is 8.46. The number of nitrogens with zero attached hydrogens (tertiary/aromatic N) is 3. The average Bonchev–Trinajstić information content (AvgIpc) is 2.76. The van der Waals surface area contributed by atoms with Crippen molar-refractivity contribution in [3.63, 3.8) is 0 Å². The Morgan fingerprint density at radius 3 is 2.88 bits per heavy atom. The van der Waals surface area contributed by atoms with E-state index >= 15 is 0 Å². The van der Waals surface area contributed by atoms with Crippen LogP contribution >= 0.6 is 0 Å². The first-order chi connectivity index (χ1) is 8.13. The number of aromatic carboxylic acids is 1. The molecular formula is C11H6FN3O2. The van der Waals surface area contributed by atoms with Gasteiger partial charge >= 0.3 is 5.97 Å². The molecule has 0 atom stereocenters. The fourth-order valence-electron chi connectivity index (χ4n) is 1.42. The van der Waals surface area contributed by atoms with Crippen LogP contribution in [0.25, 0.3) is 5.69 Å². The summed E-state index contributed by atoms with van der Waals surface area (Å²) in [4.78, 5) is 14.4. The van der Waals surface area contributed by atoms with Crippen molar-refractivity contribution in [3.05, 3.63) is 47.8 Å². The van der Waals surface area contributed by atoms with E-state index in [1.807, 2.05) is 6.07 Å². The van der Waals surface area contributed by atoms with Crippen molar-refractivity contribution in [3.8, 4) is 11.8 Å². The Balaban J connectivity index is 2.55. The van der Waals surface area contributed by atoms with Gasteiger partial charge in [-0.15, -0.1) is 0 Å². The molecule has 1 heterocycles. The number of carboxylic acid groups (broad SMARTS) is 1. The smallest absolute Gasteiger partial charge is 0.335 e. The fraction of sp³-hybridized carbons (Fsp3) is 0. The van der Waals surface area contributed by atoms with Crippen LogP contribution < -0.4 is 0 Å². The third kappa shape index (κ3) is 1.86. The number of rotatable bonds is 2. The van der Waals surface area contributed by atoms with Crippen LogP contribution in [0.5, 0.6) is 0 Å². The fourth-order valence-corrected chi connectivity index (χ4v) is 1.42. The molecule has 0 aliphatic rings. The van der Waals surface area contributed by atoms with Crippen molar-refractivity contribution in [1.29, 1.82) is 5.26 Å². The standard InChI is InChI=1S/C11H6FN3O2/c12-8-5-7(11(16)17)1-2-9(8)15-4-3-14-10(15)6-13/h1-5H,(H,16,17). The minimum Gasteiger partial charge on any atom is -0.478 e. The molecule has 1 aromatic carbocycles. The van der Waals surface area contributed by atoms with Crippen molar-refractivity contribution >= 4 is 5.97 Å². The van der Waals surface area contributed by atoms with Crippen LogP contribution in [0.1, 0.15) is 16.2 Å². The van der Waals surface area contributed by atoms with Gasteiger partial charge in [0.05, 0.1) is 11.3 Å². The van der Waals surface area contributed by atoms with Crippen molar-refractivity contribution in [2.24, 2.45) is 0 Å². The zero-order chi connectivity index (χ0) is 12.4. The summed E-state index contributed by atoms with van der Waals surface area (Å²) in [6.07, 6.45) is 2.79. The van der Waals surface area contributed by atoms with Crippen LogP contribution in [0.4, 0.5) is 4.39 Å². The van der Waals surface area contributed by atoms with Crippen LogP contribution in [-0.4, -0.2) is 20.6 Å². The van der Waals surface area contributed by atoms with Crippen molar-refractivity contribution in [1.82, 2.24) is 9.55 Å². The van der Waals surface area contributed by atoms with Gasteiger partial charge in [-0.05, 0) is 18.2 Å². The molecule has 0 spiro atoms. The van der Waals surface area contributed by atoms with E-state index in [1.165, 1.54) is 29.1 Å². The first kappa shape index (κ1) is 10.8. The van der Waals surface area contributed by atoms with Crippen LogP contribution in [0, 0.1) is 17.1 Å². The highest BCUT2D eigenvalue weighted by atomic mass is 19.1. The van der Waals surface area contributed by atoms with Crippen LogP contribution in [-0.2, 0) is 0 Å². The maximum Gasteiger partial charge on any atom is 0.335 e. The Morgan fingerprint density at radius 2 is 2.29 bits per heavy atom. The van der Waals surface area contributed by atoms with Crippen molar-refractivity contribution in [2.45, 2.75) is 0 Å². The van der Waals surface area contributed by atoms with Crippen molar-refractivity contribution in [2.75, 3.05) is 0 Å². The van der Waals surface area contributed by atoms with Gasteiger partial charge in [-0.2, -0.15) is 5.26 Å². The summed E-state index contributed by atoms with van der Waals surface area (Å²) in [5, 5.41) is 17.4.